The Bertz CT molecular complexity index is 948. The Hall–Kier alpha value is -3.23. The Morgan fingerprint density at radius 3 is 2.31 bits per heavy atom. The molecule has 3 N–H and O–H groups in total. The summed E-state index contributed by atoms with van der Waals surface area (Å²) in [6.07, 6.45) is 3.88. The molecule has 0 unspecified atom stereocenters. The van der Waals surface area contributed by atoms with Crippen molar-refractivity contribution >= 4 is 29.6 Å². The minimum atomic E-state index is 0.575. The van der Waals surface area contributed by atoms with Crippen LogP contribution in [-0.2, 0) is 0 Å². The zero-order valence-corrected chi connectivity index (χ0v) is 17.4. The molecule has 0 radical (unpaired) electrons. The highest BCUT2D eigenvalue weighted by Crippen LogP contribution is 2.23. The SMILES string of the molecule is Cc1cc(N(N)c2cc(N(C)CCN(C)C)nc(/C=C/c3ccccc3)n2)n[nH]1. The van der Waals surface area contributed by atoms with E-state index in [1.54, 1.807) is 0 Å². The molecule has 0 bridgehead atoms. The van der Waals surface area contributed by atoms with Crippen LogP contribution in [0.25, 0.3) is 12.2 Å². The van der Waals surface area contributed by atoms with Crippen LogP contribution in [0.1, 0.15) is 17.1 Å². The molecule has 8 heteroatoms. The summed E-state index contributed by atoms with van der Waals surface area (Å²) in [6.45, 7) is 3.67. The minimum absolute atomic E-state index is 0.575. The molecule has 0 aliphatic heterocycles. The van der Waals surface area contributed by atoms with Gasteiger partial charge >= 0.3 is 0 Å². The van der Waals surface area contributed by atoms with Crippen LogP contribution >= 0.6 is 0 Å². The summed E-state index contributed by atoms with van der Waals surface area (Å²) in [6, 6.07) is 13.8. The molecule has 29 heavy (non-hydrogen) atoms. The van der Waals surface area contributed by atoms with E-state index in [1.807, 2.05) is 68.6 Å². The van der Waals surface area contributed by atoms with Crippen LogP contribution in [-0.4, -0.2) is 59.3 Å². The number of H-pyrrole nitrogens is 1. The van der Waals surface area contributed by atoms with Gasteiger partial charge < -0.3 is 9.80 Å². The van der Waals surface area contributed by atoms with Crippen LogP contribution in [0, 0.1) is 6.92 Å². The molecule has 2 heterocycles. The molecule has 3 rings (SSSR count). The van der Waals surface area contributed by atoms with Gasteiger partial charge in [0.1, 0.15) is 5.82 Å². The number of rotatable bonds is 8. The van der Waals surface area contributed by atoms with Crippen molar-refractivity contribution in [2.75, 3.05) is 44.1 Å². The maximum atomic E-state index is 6.31. The first kappa shape index (κ1) is 20.5. The molecule has 0 saturated carbocycles. The maximum Gasteiger partial charge on any atom is 0.170 e. The Balaban J connectivity index is 1.93. The van der Waals surface area contributed by atoms with Crippen LogP contribution in [0.5, 0.6) is 0 Å². The van der Waals surface area contributed by atoms with E-state index < -0.39 is 0 Å². The van der Waals surface area contributed by atoms with Crippen LogP contribution in [0.3, 0.4) is 0 Å². The van der Waals surface area contributed by atoms with Gasteiger partial charge in [-0.25, -0.2) is 20.8 Å². The number of aryl methyl sites for hydroxylation is 1. The molecule has 0 amide bonds. The molecular weight excluding hydrogens is 364 g/mol. The average molecular weight is 393 g/mol. The molecule has 0 aliphatic rings. The molecule has 0 saturated heterocycles. The summed E-state index contributed by atoms with van der Waals surface area (Å²) in [5.41, 5.74) is 2.01. The monoisotopic (exact) mass is 392 g/mol. The second-order valence-electron chi connectivity index (χ2n) is 7.19. The maximum absolute atomic E-state index is 6.31. The molecule has 0 aliphatic carbocycles. The normalized spacial score (nSPS) is 11.4. The molecule has 1 aromatic carbocycles. The van der Waals surface area contributed by atoms with Crippen molar-refractivity contribution in [3.05, 3.63) is 59.5 Å². The van der Waals surface area contributed by atoms with Crippen molar-refractivity contribution in [3.63, 3.8) is 0 Å². The Labute approximate surface area is 171 Å². The Morgan fingerprint density at radius 1 is 0.931 bits per heavy atom. The number of benzene rings is 1. The van der Waals surface area contributed by atoms with Gasteiger partial charge in [-0.15, -0.1) is 0 Å². The third kappa shape index (κ3) is 5.63. The first-order chi connectivity index (χ1) is 13.9. The van der Waals surface area contributed by atoms with Crippen molar-refractivity contribution in [2.45, 2.75) is 6.92 Å². The summed E-state index contributed by atoms with van der Waals surface area (Å²) in [5, 5.41) is 8.60. The molecule has 0 fully saturated rings. The van der Waals surface area contributed by atoms with Crippen molar-refractivity contribution < 1.29 is 0 Å². The molecule has 3 aromatic rings. The van der Waals surface area contributed by atoms with E-state index in [9.17, 15) is 0 Å². The highest BCUT2D eigenvalue weighted by Gasteiger charge is 2.14. The van der Waals surface area contributed by atoms with Gasteiger partial charge in [0.25, 0.3) is 0 Å². The van der Waals surface area contributed by atoms with E-state index in [0.29, 0.717) is 17.5 Å². The summed E-state index contributed by atoms with van der Waals surface area (Å²) in [7, 11) is 6.11. The van der Waals surface area contributed by atoms with E-state index in [1.165, 1.54) is 5.01 Å². The number of hydrogen-bond acceptors (Lipinski definition) is 7. The highest BCUT2D eigenvalue weighted by molar-refractivity contribution is 5.69. The lowest BCUT2D eigenvalue weighted by Gasteiger charge is -2.22. The number of aromatic amines is 1. The van der Waals surface area contributed by atoms with Crippen LogP contribution in [0.15, 0.2) is 42.5 Å². The van der Waals surface area contributed by atoms with E-state index in [0.717, 1.165) is 30.2 Å². The van der Waals surface area contributed by atoms with Gasteiger partial charge in [-0.1, -0.05) is 36.4 Å². The van der Waals surface area contributed by atoms with E-state index in [-0.39, 0.29) is 0 Å². The number of hydrazine groups is 1. The van der Waals surface area contributed by atoms with Gasteiger partial charge in [-0.3, -0.25) is 5.10 Å². The largest absolute Gasteiger partial charge is 0.358 e. The zero-order chi connectivity index (χ0) is 20.8. The first-order valence-corrected chi connectivity index (χ1v) is 9.47. The van der Waals surface area contributed by atoms with Gasteiger partial charge in [-0.2, -0.15) is 5.10 Å². The number of anilines is 3. The highest BCUT2D eigenvalue weighted by atomic mass is 15.5. The molecule has 0 atom stereocenters. The van der Waals surface area contributed by atoms with Crippen molar-refractivity contribution in [2.24, 2.45) is 5.84 Å². The van der Waals surface area contributed by atoms with Gasteiger partial charge in [0.05, 0.1) is 0 Å². The van der Waals surface area contributed by atoms with Crippen LogP contribution in [0.2, 0.25) is 0 Å². The van der Waals surface area contributed by atoms with Gasteiger partial charge in [0, 0.05) is 38.0 Å². The fraction of sp³-hybridized carbons (Fsp3) is 0.286. The number of hydrogen-bond donors (Lipinski definition) is 2. The Kier molecular flexibility index (Phi) is 6.58. The fourth-order valence-corrected chi connectivity index (χ4v) is 2.68. The lowest BCUT2D eigenvalue weighted by atomic mass is 10.2. The second-order valence-corrected chi connectivity index (χ2v) is 7.19. The standard InChI is InChI=1S/C21H28N8/c1-16-14-21(26-25-16)29(22)20-15-19(28(4)13-12-27(2)3)23-18(24-20)11-10-17-8-6-5-7-9-17/h5-11,14-15H,12-13,22H2,1-4H3,(H,25,26)/b11-10+. The molecule has 152 valence electrons. The third-order valence-corrected chi connectivity index (χ3v) is 4.40. The molecule has 0 spiro atoms. The summed E-state index contributed by atoms with van der Waals surface area (Å²) in [5.74, 6) is 8.86. The summed E-state index contributed by atoms with van der Waals surface area (Å²) < 4.78 is 0. The number of aromatic nitrogens is 4. The lowest BCUT2D eigenvalue weighted by Crippen LogP contribution is -2.30. The number of nitrogens with zero attached hydrogens (tertiary/aromatic N) is 6. The van der Waals surface area contributed by atoms with Crippen LogP contribution in [0.4, 0.5) is 17.5 Å². The minimum Gasteiger partial charge on any atom is -0.358 e. The van der Waals surface area contributed by atoms with Crippen molar-refractivity contribution in [1.82, 2.24) is 25.1 Å². The second kappa shape index (κ2) is 9.31. The van der Waals surface area contributed by atoms with Gasteiger partial charge in [-0.05, 0) is 32.7 Å². The third-order valence-electron chi connectivity index (χ3n) is 4.40. The van der Waals surface area contributed by atoms with E-state index in [4.69, 9.17) is 10.8 Å². The Morgan fingerprint density at radius 2 is 1.66 bits per heavy atom. The smallest absolute Gasteiger partial charge is 0.170 e. The predicted octanol–water partition coefficient (Wildman–Crippen LogP) is 2.69. The summed E-state index contributed by atoms with van der Waals surface area (Å²) >= 11 is 0. The lowest BCUT2D eigenvalue weighted by molar-refractivity contribution is 0.416. The van der Waals surface area contributed by atoms with Crippen molar-refractivity contribution in [1.29, 1.82) is 0 Å². The molecule has 8 nitrogen and oxygen atoms in total. The van der Waals surface area contributed by atoms with Crippen LogP contribution < -0.4 is 15.8 Å². The van der Waals surface area contributed by atoms with Crippen molar-refractivity contribution in [3.8, 4) is 0 Å². The predicted molar refractivity (Wildman–Crippen MR) is 119 cm³/mol. The van der Waals surface area contributed by atoms with E-state index in [2.05, 4.69) is 39.1 Å². The van der Waals surface area contributed by atoms with Gasteiger partial charge in [0.15, 0.2) is 17.5 Å². The zero-order valence-electron chi connectivity index (χ0n) is 17.4. The number of likely N-dealkylation sites (N-methyl/N-ethyl adjacent to an activating group) is 2. The summed E-state index contributed by atoms with van der Waals surface area (Å²) in [4.78, 5) is 13.6. The topological polar surface area (TPSA) is 90.2 Å². The molecule has 2 aromatic heterocycles. The average Bonchev–Trinajstić information content (AvgIpc) is 3.16. The molecular formula is C21H28N8. The number of nitrogens with two attached hydrogens (primary N) is 1. The first-order valence-electron chi connectivity index (χ1n) is 9.47. The quantitative estimate of drug-likeness (QED) is 0.450. The number of nitrogens with one attached hydrogen (secondary N) is 1. The van der Waals surface area contributed by atoms with Gasteiger partial charge in [0.2, 0.25) is 0 Å². The fourth-order valence-electron chi connectivity index (χ4n) is 2.68. The van der Waals surface area contributed by atoms with E-state index >= 15 is 0 Å².